The van der Waals surface area contributed by atoms with Crippen molar-refractivity contribution in [3.05, 3.63) is 0 Å². The first kappa shape index (κ1) is 18.6. The normalized spacial score (nSPS) is 14.1. The molecule has 0 rings (SSSR count). The van der Waals surface area contributed by atoms with Crippen LogP contribution in [0.5, 0.6) is 0 Å². The lowest BCUT2D eigenvalue weighted by molar-refractivity contribution is 0.151. The van der Waals surface area contributed by atoms with E-state index in [0.29, 0.717) is 0 Å². The van der Waals surface area contributed by atoms with Crippen molar-refractivity contribution in [2.24, 2.45) is 10.6 Å². The van der Waals surface area contributed by atoms with Gasteiger partial charge >= 0.3 is 6.09 Å². The zero-order valence-corrected chi connectivity index (χ0v) is 14.4. The highest BCUT2D eigenvalue weighted by atomic mass is 32.2. The maximum atomic E-state index is 11.2. The van der Waals surface area contributed by atoms with Crippen molar-refractivity contribution >= 4 is 35.3 Å². The van der Waals surface area contributed by atoms with Gasteiger partial charge in [0.05, 0.1) is 10.3 Å². The van der Waals surface area contributed by atoms with Crippen LogP contribution in [0.4, 0.5) is 4.79 Å². The summed E-state index contributed by atoms with van der Waals surface area (Å²) >= 11 is 3.69. The van der Waals surface area contributed by atoms with E-state index in [4.69, 9.17) is 4.84 Å². The molecule has 0 aromatic heterocycles. The van der Waals surface area contributed by atoms with Gasteiger partial charge in [0.25, 0.3) is 0 Å². The Morgan fingerprint density at radius 1 is 1.32 bits per heavy atom. The number of hydrogen-bond donors (Lipinski definition) is 1. The highest BCUT2D eigenvalue weighted by Gasteiger charge is 2.29. The van der Waals surface area contributed by atoms with Crippen molar-refractivity contribution < 1.29 is 9.63 Å². The van der Waals surface area contributed by atoms with Gasteiger partial charge in [-0.2, -0.15) is 0 Å². The number of nitrogens with zero attached hydrogens (tertiary/aromatic N) is 1. The molecule has 0 aliphatic heterocycles. The second kappa shape index (κ2) is 9.53. The summed E-state index contributed by atoms with van der Waals surface area (Å²) in [5.41, 5.74) is 0.795. The van der Waals surface area contributed by atoms with Crippen molar-refractivity contribution in [3.63, 3.8) is 0 Å². The molecule has 19 heavy (non-hydrogen) atoms. The Hall–Kier alpha value is -0.360. The lowest BCUT2D eigenvalue weighted by atomic mass is 9.91. The van der Waals surface area contributed by atoms with Gasteiger partial charge in [-0.3, -0.25) is 4.84 Å². The number of oxime groups is 1. The Bertz CT molecular complexity index is 302. The van der Waals surface area contributed by atoms with E-state index < -0.39 is 6.09 Å². The number of thioether (sulfide) groups is 2. The zero-order valence-electron chi connectivity index (χ0n) is 12.8. The molecule has 112 valence electrons. The molecule has 0 aliphatic carbocycles. The minimum absolute atomic E-state index is 0.123. The monoisotopic (exact) mass is 306 g/mol. The average Bonchev–Trinajstić information content (AvgIpc) is 2.33. The van der Waals surface area contributed by atoms with Gasteiger partial charge in [-0.25, -0.2) is 4.79 Å². The fourth-order valence-electron chi connectivity index (χ4n) is 1.25. The number of carbonyl (C=O) groups excluding carboxylic acids is 1. The Labute approximate surface area is 125 Å². The Balaban J connectivity index is 5.00. The number of amides is 1. The molecule has 0 aromatic rings. The Kier molecular flexibility index (Phi) is 9.35. The minimum atomic E-state index is -0.525. The number of nitrogens with one attached hydrogen (secondary N) is 1. The van der Waals surface area contributed by atoms with Gasteiger partial charge in [0, 0.05) is 12.5 Å². The topological polar surface area (TPSA) is 50.7 Å². The Morgan fingerprint density at radius 2 is 1.95 bits per heavy atom. The highest BCUT2D eigenvalue weighted by Crippen LogP contribution is 2.33. The van der Waals surface area contributed by atoms with Crippen LogP contribution in [-0.2, 0) is 4.84 Å². The van der Waals surface area contributed by atoms with E-state index in [1.165, 1.54) is 7.05 Å². The molecule has 4 nitrogen and oxygen atoms in total. The molecule has 0 spiro atoms. The third-order valence-corrected chi connectivity index (χ3v) is 5.06. The molecule has 0 saturated carbocycles. The number of carbonyl (C=O) groups is 1. The van der Waals surface area contributed by atoms with Crippen molar-refractivity contribution in [2.45, 2.75) is 45.6 Å². The molecule has 0 radical (unpaired) electrons. The fourth-order valence-corrected chi connectivity index (χ4v) is 4.20. The van der Waals surface area contributed by atoms with Crippen LogP contribution >= 0.6 is 23.5 Å². The smallest absolute Gasteiger partial charge is 0.323 e. The molecular formula is C13H26N2O2S2. The van der Waals surface area contributed by atoms with Crippen LogP contribution in [0.1, 0.15) is 41.0 Å². The third kappa shape index (κ3) is 7.72. The summed E-state index contributed by atoms with van der Waals surface area (Å²) in [4.78, 5) is 16.1. The molecule has 0 fully saturated rings. The molecule has 6 heteroatoms. The largest absolute Gasteiger partial charge is 0.433 e. The maximum absolute atomic E-state index is 11.2. The standard InChI is InChI=1S/C13H26N2O2S2/c1-7-9-19-11(18-8-2)10(13(3,4)5)15-17-12(16)14-6/h11H,7-9H2,1-6H3,(H,14,16). The molecule has 0 aromatic carbocycles. The van der Waals surface area contributed by atoms with E-state index >= 15 is 0 Å². The molecule has 1 unspecified atom stereocenters. The maximum Gasteiger partial charge on any atom is 0.433 e. The van der Waals surface area contributed by atoms with Crippen molar-refractivity contribution in [3.8, 4) is 0 Å². The summed E-state index contributed by atoms with van der Waals surface area (Å²) in [6.45, 7) is 10.6. The van der Waals surface area contributed by atoms with Crippen molar-refractivity contribution in [1.82, 2.24) is 5.32 Å². The summed E-state index contributed by atoms with van der Waals surface area (Å²) in [7, 11) is 1.53. The van der Waals surface area contributed by atoms with Crippen LogP contribution < -0.4 is 5.32 Å². The third-order valence-electron chi connectivity index (χ3n) is 2.21. The van der Waals surface area contributed by atoms with Gasteiger partial charge in [0.15, 0.2) is 0 Å². The summed E-state index contributed by atoms with van der Waals surface area (Å²) in [5, 5.41) is 6.50. The molecule has 1 atom stereocenters. The van der Waals surface area contributed by atoms with Crippen LogP contribution in [0.3, 0.4) is 0 Å². The van der Waals surface area contributed by atoms with Gasteiger partial charge in [-0.1, -0.05) is 39.8 Å². The SMILES string of the molecule is CCCSC(SCC)C(=NOC(=O)NC)C(C)(C)C. The van der Waals surface area contributed by atoms with Crippen LogP contribution in [0.25, 0.3) is 0 Å². The van der Waals surface area contributed by atoms with E-state index in [1.54, 1.807) is 0 Å². The second-order valence-corrected chi connectivity index (χ2v) is 7.91. The first-order valence-electron chi connectivity index (χ1n) is 6.57. The van der Waals surface area contributed by atoms with Crippen LogP contribution in [0.2, 0.25) is 0 Å². The van der Waals surface area contributed by atoms with Gasteiger partial charge in [0.1, 0.15) is 0 Å². The molecule has 0 saturated heterocycles. The predicted octanol–water partition coefficient (Wildman–Crippen LogP) is 3.97. The Morgan fingerprint density at radius 3 is 2.37 bits per heavy atom. The molecule has 0 heterocycles. The zero-order chi connectivity index (χ0) is 14.9. The molecule has 0 bridgehead atoms. The van der Waals surface area contributed by atoms with Crippen molar-refractivity contribution in [2.75, 3.05) is 18.6 Å². The minimum Gasteiger partial charge on any atom is -0.323 e. The summed E-state index contributed by atoms with van der Waals surface area (Å²) in [6, 6.07) is 0. The van der Waals surface area contributed by atoms with E-state index in [-0.39, 0.29) is 10.00 Å². The lowest BCUT2D eigenvalue weighted by Crippen LogP contribution is -2.30. The predicted molar refractivity (Wildman–Crippen MR) is 87.1 cm³/mol. The molecule has 1 N–H and O–H groups in total. The fraction of sp³-hybridized carbons (Fsp3) is 0.846. The highest BCUT2D eigenvalue weighted by molar-refractivity contribution is 8.18. The van der Waals surface area contributed by atoms with E-state index in [9.17, 15) is 4.79 Å². The first-order valence-corrected chi connectivity index (χ1v) is 8.66. The van der Waals surface area contributed by atoms with Gasteiger partial charge < -0.3 is 5.32 Å². The molecular weight excluding hydrogens is 280 g/mol. The molecule has 1 amide bonds. The van der Waals surface area contributed by atoms with Gasteiger partial charge in [0.2, 0.25) is 0 Å². The van der Waals surface area contributed by atoms with Gasteiger partial charge in [-0.15, -0.1) is 23.5 Å². The quantitative estimate of drug-likeness (QED) is 0.335. The van der Waals surface area contributed by atoms with Crippen molar-refractivity contribution in [1.29, 1.82) is 0 Å². The first-order chi connectivity index (χ1) is 8.86. The van der Waals surface area contributed by atoms with E-state index in [2.05, 4.69) is 45.1 Å². The lowest BCUT2D eigenvalue weighted by Gasteiger charge is -2.27. The number of hydrogen-bond acceptors (Lipinski definition) is 5. The summed E-state index contributed by atoms with van der Waals surface area (Å²) < 4.78 is 0.231. The van der Waals surface area contributed by atoms with Crippen LogP contribution in [0, 0.1) is 5.41 Å². The average molecular weight is 306 g/mol. The van der Waals surface area contributed by atoms with Crippen LogP contribution in [-0.4, -0.2) is 34.9 Å². The van der Waals surface area contributed by atoms with Gasteiger partial charge in [-0.05, 0) is 17.9 Å². The van der Waals surface area contributed by atoms with Crippen LogP contribution in [0.15, 0.2) is 5.16 Å². The number of rotatable bonds is 7. The molecule has 0 aliphatic rings. The summed E-state index contributed by atoms with van der Waals surface area (Å²) in [6.07, 6.45) is 0.599. The second-order valence-electron chi connectivity index (χ2n) is 5.01. The van der Waals surface area contributed by atoms with E-state index in [0.717, 1.165) is 23.6 Å². The summed E-state index contributed by atoms with van der Waals surface area (Å²) in [5.74, 6) is 2.09. The van der Waals surface area contributed by atoms with E-state index in [1.807, 2.05) is 23.5 Å².